The summed E-state index contributed by atoms with van der Waals surface area (Å²) in [5, 5.41) is 0. The van der Waals surface area contributed by atoms with Gasteiger partial charge in [0.2, 0.25) is 5.95 Å². The summed E-state index contributed by atoms with van der Waals surface area (Å²) in [6, 6.07) is 0. The van der Waals surface area contributed by atoms with Crippen molar-refractivity contribution in [1.82, 2.24) is 9.97 Å². The molecule has 2 aliphatic rings. The highest BCUT2D eigenvalue weighted by Crippen LogP contribution is 2.42. The van der Waals surface area contributed by atoms with Crippen molar-refractivity contribution in [3.05, 3.63) is 18.0 Å². The number of hydrogen-bond acceptors (Lipinski definition) is 7. The highest BCUT2D eigenvalue weighted by atomic mass is 16.7. The van der Waals surface area contributed by atoms with E-state index in [1.165, 1.54) is 19.5 Å². The van der Waals surface area contributed by atoms with Crippen LogP contribution in [0.5, 0.6) is 0 Å². The third-order valence-electron chi connectivity index (χ3n) is 5.54. The average Bonchev–Trinajstić information content (AvgIpc) is 2.82. The van der Waals surface area contributed by atoms with Gasteiger partial charge < -0.3 is 18.9 Å². The van der Waals surface area contributed by atoms with E-state index in [-0.39, 0.29) is 18.3 Å². The molecule has 1 aromatic rings. The van der Waals surface area contributed by atoms with Crippen molar-refractivity contribution in [2.45, 2.75) is 57.6 Å². The molecule has 0 aromatic carbocycles. The molecule has 136 valence electrons. The third-order valence-corrected chi connectivity index (χ3v) is 5.54. The van der Waals surface area contributed by atoms with Gasteiger partial charge in [-0.15, -0.1) is 0 Å². The van der Waals surface area contributed by atoms with Crippen LogP contribution in [0.2, 0.25) is 5.82 Å². The zero-order valence-corrected chi connectivity index (χ0v) is 15.6. The summed E-state index contributed by atoms with van der Waals surface area (Å²) in [5.74, 6) is 0.581. The molecule has 0 amide bonds. The number of aromatic nitrogens is 2. The average molecular weight is 347 g/mol. The van der Waals surface area contributed by atoms with E-state index in [4.69, 9.17) is 9.31 Å². The summed E-state index contributed by atoms with van der Waals surface area (Å²) >= 11 is 0. The maximum absolute atomic E-state index is 11.5. The van der Waals surface area contributed by atoms with Gasteiger partial charge in [0.05, 0.1) is 23.9 Å². The number of carbonyl (C=O) groups excluding carboxylic acids is 1. The first-order valence-electron chi connectivity index (χ1n) is 8.74. The number of methoxy groups -OCH3 is 1. The molecule has 1 aromatic heterocycles. The number of anilines is 1. The predicted octanol–water partition coefficient (Wildman–Crippen LogP) is 2.33. The highest BCUT2D eigenvalue weighted by Gasteiger charge is 2.53. The van der Waals surface area contributed by atoms with Crippen molar-refractivity contribution < 1.29 is 18.8 Å². The summed E-state index contributed by atoms with van der Waals surface area (Å²) in [7, 11) is 1.19. The molecule has 0 aliphatic carbocycles. The second-order valence-corrected chi connectivity index (χ2v) is 7.71. The molecule has 2 saturated heterocycles. The van der Waals surface area contributed by atoms with E-state index in [1.807, 2.05) is 0 Å². The molecule has 2 fully saturated rings. The Morgan fingerprint density at radius 1 is 1.16 bits per heavy atom. The summed E-state index contributed by atoms with van der Waals surface area (Å²) in [4.78, 5) is 22.2. The third kappa shape index (κ3) is 3.50. The summed E-state index contributed by atoms with van der Waals surface area (Å²) in [6.07, 6.45) is 4.93. The van der Waals surface area contributed by atoms with Gasteiger partial charge in [0, 0.05) is 25.5 Å². The summed E-state index contributed by atoms with van der Waals surface area (Å²) < 4.78 is 17.0. The monoisotopic (exact) mass is 347 g/mol. The summed E-state index contributed by atoms with van der Waals surface area (Å²) in [5.41, 5.74) is -0.221. The molecule has 2 aliphatic heterocycles. The molecule has 3 rings (SSSR count). The lowest BCUT2D eigenvalue weighted by Gasteiger charge is -2.32. The van der Waals surface area contributed by atoms with Crippen LogP contribution < -0.4 is 4.90 Å². The van der Waals surface area contributed by atoms with Crippen molar-refractivity contribution in [2.24, 2.45) is 0 Å². The van der Waals surface area contributed by atoms with Crippen LogP contribution in [0.3, 0.4) is 0 Å². The van der Waals surface area contributed by atoms with E-state index in [2.05, 4.69) is 47.3 Å². The molecule has 0 unspecified atom stereocenters. The lowest BCUT2D eigenvalue weighted by Crippen LogP contribution is -2.41. The SMILES string of the molecule is COC(=O)c1cnc(N2CCC(B3OC(C)(C)C(C)(C)O3)CC2)nc1. The number of rotatable bonds is 3. The minimum absolute atomic E-state index is 0.158. The van der Waals surface area contributed by atoms with Crippen molar-refractivity contribution in [3.63, 3.8) is 0 Å². The lowest BCUT2D eigenvalue weighted by molar-refractivity contribution is 0.00578. The molecule has 25 heavy (non-hydrogen) atoms. The van der Waals surface area contributed by atoms with Gasteiger partial charge in [-0.3, -0.25) is 0 Å². The zero-order valence-electron chi connectivity index (χ0n) is 15.6. The second-order valence-electron chi connectivity index (χ2n) is 7.71. The van der Waals surface area contributed by atoms with Crippen LogP contribution in [0, 0.1) is 0 Å². The van der Waals surface area contributed by atoms with Crippen LogP contribution in [-0.4, -0.2) is 54.5 Å². The quantitative estimate of drug-likeness (QED) is 0.614. The number of piperidine rings is 1. The van der Waals surface area contributed by atoms with Crippen LogP contribution in [-0.2, 0) is 14.0 Å². The Kier molecular flexibility index (Phi) is 4.77. The second kappa shape index (κ2) is 6.57. The topological polar surface area (TPSA) is 73.8 Å². The van der Waals surface area contributed by atoms with E-state index >= 15 is 0 Å². The van der Waals surface area contributed by atoms with Crippen LogP contribution in [0.4, 0.5) is 5.95 Å². The molecule has 3 heterocycles. The smallest absolute Gasteiger partial charge is 0.461 e. The van der Waals surface area contributed by atoms with E-state index in [0.717, 1.165) is 25.9 Å². The zero-order chi connectivity index (χ0) is 18.2. The maximum Gasteiger partial charge on any atom is 0.461 e. The van der Waals surface area contributed by atoms with Crippen molar-refractivity contribution >= 4 is 19.0 Å². The molecule has 0 N–H and O–H groups in total. The Morgan fingerprint density at radius 3 is 2.16 bits per heavy atom. The van der Waals surface area contributed by atoms with Crippen molar-refractivity contribution in [2.75, 3.05) is 25.1 Å². The molecule has 0 radical (unpaired) electrons. The largest absolute Gasteiger partial charge is 0.465 e. The summed E-state index contributed by atoms with van der Waals surface area (Å²) in [6.45, 7) is 10.0. The molecule has 0 spiro atoms. The van der Waals surface area contributed by atoms with Gasteiger partial charge in [0.1, 0.15) is 0 Å². The van der Waals surface area contributed by atoms with Crippen LogP contribution in [0.25, 0.3) is 0 Å². The highest BCUT2D eigenvalue weighted by molar-refractivity contribution is 6.47. The Morgan fingerprint density at radius 2 is 1.68 bits per heavy atom. The van der Waals surface area contributed by atoms with Crippen LogP contribution in [0.15, 0.2) is 12.4 Å². The Bertz CT molecular complexity index is 611. The first-order chi connectivity index (χ1) is 11.7. The predicted molar refractivity (Wildman–Crippen MR) is 94.7 cm³/mol. The first kappa shape index (κ1) is 18.1. The normalized spacial score (nSPS) is 22.9. The van der Waals surface area contributed by atoms with Crippen LogP contribution in [0.1, 0.15) is 50.9 Å². The fraction of sp³-hybridized carbons (Fsp3) is 0.706. The van der Waals surface area contributed by atoms with Crippen molar-refractivity contribution in [3.8, 4) is 0 Å². The molecular formula is C17H26BN3O4. The van der Waals surface area contributed by atoms with E-state index < -0.39 is 5.97 Å². The molecule has 0 saturated carbocycles. The molecule has 0 atom stereocenters. The number of nitrogens with zero attached hydrogens (tertiary/aromatic N) is 3. The fourth-order valence-electron chi connectivity index (χ4n) is 3.16. The van der Waals surface area contributed by atoms with Gasteiger partial charge in [-0.2, -0.15) is 0 Å². The van der Waals surface area contributed by atoms with E-state index in [0.29, 0.717) is 17.3 Å². The van der Waals surface area contributed by atoms with Gasteiger partial charge in [-0.1, -0.05) is 0 Å². The van der Waals surface area contributed by atoms with Crippen molar-refractivity contribution in [1.29, 1.82) is 0 Å². The molecule has 7 nitrogen and oxygen atoms in total. The molecule has 0 bridgehead atoms. The van der Waals surface area contributed by atoms with Gasteiger partial charge >= 0.3 is 13.1 Å². The number of hydrogen-bond donors (Lipinski definition) is 0. The Hall–Kier alpha value is -1.67. The first-order valence-corrected chi connectivity index (χ1v) is 8.74. The lowest BCUT2D eigenvalue weighted by atomic mass is 9.67. The van der Waals surface area contributed by atoms with E-state index in [9.17, 15) is 4.79 Å². The van der Waals surface area contributed by atoms with Gasteiger partial charge in [-0.25, -0.2) is 14.8 Å². The molecular weight excluding hydrogens is 321 g/mol. The van der Waals surface area contributed by atoms with Gasteiger partial charge in [0.15, 0.2) is 0 Å². The number of ether oxygens (including phenoxy) is 1. The number of carbonyl (C=O) groups is 1. The Labute approximate surface area is 149 Å². The van der Waals surface area contributed by atoms with Gasteiger partial charge in [0.25, 0.3) is 0 Å². The maximum atomic E-state index is 11.5. The minimum atomic E-state index is -0.425. The minimum Gasteiger partial charge on any atom is -0.465 e. The Balaban J connectivity index is 1.58. The number of esters is 1. The van der Waals surface area contributed by atoms with E-state index in [1.54, 1.807) is 0 Å². The van der Waals surface area contributed by atoms with Gasteiger partial charge in [-0.05, 0) is 46.4 Å². The standard InChI is InChI=1S/C17H26BN3O4/c1-16(2)17(3,4)25-18(24-16)13-6-8-21(9-7-13)15-19-10-12(11-20-15)14(22)23-5/h10-11,13H,6-9H2,1-5H3. The van der Waals surface area contributed by atoms with Crippen LogP contribution >= 0.6 is 0 Å². The fourth-order valence-corrected chi connectivity index (χ4v) is 3.16. The molecule has 8 heteroatoms.